The van der Waals surface area contributed by atoms with Crippen LogP contribution in [0.4, 0.5) is 0 Å². The normalized spacial score (nSPS) is 14.3. The SMILES string of the molecule is CCCCCCCCCCCCCCCC1=NCCO1. The van der Waals surface area contributed by atoms with E-state index in [1.54, 1.807) is 0 Å². The van der Waals surface area contributed by atoms with E-state index in [9.17, 15) is 0 Å². The summed E-state index contributed by atoms with van der Waals surface area (Å²) in [6.45, 7) is 3.98. The van der Waals surface area contributed by atoms with E-state index in [0.29, 0.717) is 0 Å². The first-order valence-electron chi connectivity index (χ1n) is 9.09. The second kappa shape index (κ2) is 13.5. The highest BCUT2D eigenvalue weighted by Crippen LogP contribution is 2.13. The van der Waals surface area contributed by atoms with E-state index in [0.717, 1.165) is 25.5 Å². The zero-order valence-corrected chi connectivity index (χ0v) is 13.7. The largest absolute Gasteiger partial charge is 0.479 e. The highest BCUT2D eigenvalue weighted by atomic mass is 16.5. The molecule has 0 bridgehead atoms. The van der Waals surface area contributed by atoms with Crippen LogP contribution in [0.15, 0.2) is 4.99 Å². The van der Waals surface area contributed by atoms with Crippen molar-refractivity contribution in [2.24, 2.45) is 4.99 Å². The third kappa shape index (κ3) is 10.3. The lowest BCUT2D eigenvalue weighted by Crippen LogP contribution is -1.98. The summed E-state index contributed by atoms with van der Waals surface area (Å²) in [5.41, 5.74) is 0. The van der Waals surface area contributed by atoms with E-state index in [2.05, 4.69) is 11.9 Å². The van der Waals surface area contributed by atoms with Crippen molar-refractivity contribution in [3.05, 3.63) is 0 Å². The second-order valence-corrected chi connectivity index (χ2v) is 6.12. The fraction of sp³-hybridized carbons (Fsp3) is 0.944. The van der Waals surface area contributed by atoms with Crippen LogP contribution in [0.1, 0.15) is 96.8 Å². The molecule has 0 spiro atoms. The molecule has 20 heavy (non-hydrogen) atoms. The first-order valence-corrected chi connectivity index (χ1v) is 9.09. The lowest BCUT2D eigenvalue weighted by molar-refractivity contribution is 0.336. The molecule has 0 aromatic heterocycles. The van der Waals surface area contributed by atoms with Crippen LogP contribution in [0.3, 0.4) is 0 Å². The first kappa shape index (κ1) is 17.5. The third-order valence-corrected chi connectivity index (χ3v) is 4.14. The average molecular weight is 281 g/mol. The maximum Gasteiger partial charge on any atom is 0.183 e. The Balaban J connectivity index is 1.68. The van der Waals surface area contributed by atoms with Crippen LogP contribution in [0, 0.1) is 0 Å². The van der Waals surface area contributed by atoms with Gasteiger partial charge in [0.25, 0.3) is 0 Å². The van der Waals surface area contributed by atoms with Crippen LogP contribution in [0.5, 0.6) is 0 Å². The molecule has 0 aromatic carbocycles. The molecule has 0 aliphatic carbocycles. The Hall–Kier alpha value is -0.530. The van der Waals surface area contributed by atoms with E-state index >= 15 is 0 Å². The molecule has 2 nitrogen and oxygen atoms in total. The Morgan fingerprint density at radius 3 is 1.70 bits per heavy atom. The van der Waals surface area contributed by atoms with Gasteiger partial charge in [-0.3, -0.25) is 4.99 Å². The van der Waals surface area contributed by atoms with Gasteiger partial charge in [-0.1, -0.05) is 84.0 Å². The fourth-order valence-electron chi connectivity index (χ4n) is 2.82. The maximum atomic E-state index is 5.41. The van der Waals surface area contributed by atoms with Crippen molar-refractivity contribution in [2.75, 3.05) is 13.2 Å². The van der Waals surface area contributed by atoms with Gasteiger partial charge < -0.3 is 4.74 Å². The van der Waals surface area contributed by atoms with Gasteiger partial charge in [0.2, 0.25) is 0 Å². The molecule has 2 heteroatoms. The van der Waals surface area contributed by atoms with Crippen molar-refractivity contribution in [1.82, 2.24) is 0 Å². The topological polar surface area (TPSA) is 21.6 Å². The van der Waals surface area contributed by atoms with E-state index in [-0.39, 0.29) is 0 Å². The molecule has 1 aliphatic heterocycles. The van der Waals surface area contributed by atoms with E-state index in [1.165, 1.54) is 83.5 Å². The lowest BCUT2D eigenvalue weighted by atomic mass is 10.0. The molecule has 0 N–H and O–H groups in total. The van der Waals surface area contributed by atoms with Gasteiger partial charge in [0, 0.05) is 6.42 Å². The van der Waals surface area contributed by atoms with Gasteiger partial charge in [-0.25, -0.2) is 0 Å². The molecule has 0 amide bonds. The molecule has 1 aliphatic rings. The van der Waals surface area contributed by atoms with Crippen molar-refractivity contribution in [3.8, 4) is 0 Å². The van der Waals surface area contributed by atoms with Crippen LogP contribution >= 0.6 is 0 Å². The summed E-state index contributed by atoms with van der Waals surface area (Å²) in [6.07, 6.45) is 19.4. The average Bonchev–Trinajstić information content (AvgIpc) is 2.97. The van der Waals surface area contributed by atoms with Gasteiger partial charge in [-0.2, -0.15) is 0 Å². The number of hydrogen-bond acceptors (Lipinski definition) is 2. The summed E-state index contributed by atoms with van der Waals surface area (Å²) >= 11 is 0. The minimum absolute atomic E-state index is 0.813. The molecule has 0 saturated heterocycles. The second-order valence-electron chi connectivity index (χ2n) is 6.12. The van der Waals surface area contributed by atoms with Crippen molar-refractivity contribution in [3.63, 3.8) is 0 Å². The van der Waals surface area contributed by atoms with E-state index < -0.39 is 0 Å². The zero-order chi connectivity index (χ0) is 14.3. The lowest BCUT2D eigenvalue weighted by Gasteiger charge is -2.03. The number of unbranched alkanes of at least 4 members (excludes halogenated alkanes) is 12. The predicted molar refractivity (Wildman–Crippen MR) is 88.6 cm³/mol. The van der Waals surface area contributed by atoms with Gasteiger partial charge in [0.1, 0.15) is 6.61 Å². The number of aliphatic imine (C=N–C) groups is 1. The number of ether oxygens (including phenoxy) is 1. The quantitative estimate of drug-likeness (QED) is 0.363. The molecule has 0 unspecified atom stereocenters. The molecule has 1 heterocycles. The van der Waals surface area contributed by atoms with Crippen LogP contribution in [-0.2, 0) is 4.74 Å². The Labute approximate surface area is 126 Å². The van der Waals surface area contributed by atoms with Crippen molar-refractivity contribution >= 4 is 5.90 Å². The summed E-state index contributed by atoms with van der Waals surface area (Å²) in [7, 11) is 0. The third-order valence-electron chi connectivity index (χ3n) is 4.14. The summed E-state index contributed by atoms with van der Waals surface area (Å²) in [4.78, 5) is 4.32. The Kier molecular flexibility index (Phi) is 11.8. The van der Waals surface area contributed by atoms with Crippen LogP contribution in [0.25, 0.3) is 0 Å². The van der Waals surface area contributed by atoms with Gasteiger partial charge in [0.15, 0.2) is 5.90 Å². The van der Waals surface area contributed by atoms with Crippen molar-refractivity contribution in [1.29, 1.82) is 0 Å². The van der Waals surface area contributed by atoms with Crippen molar-refractivity contribution < 1.29 is 4.74 Å². The summed E-state index contributed by atoms with van der Waals surface area (Å²) in [5, 5.41) is 0. The molecule has 0 radical (unpaired) electrons. The summed E-state index contributed by atoms with van der Waals surface area (Å²) < 4.78 is 5.41. The molecule has 0 saturated carbocycles. The molecule has 118 valence electrons. The van der Waals surface area contributed by atoms with Crippen LogP contribution < -0.4 is 0 Å². The smallest absolute Gasteiger partial charge is 0.183 e. The minimum Gasteiger partial charge on any atom is -0.479 e. The Morgan fingerprint density at radius 2 is 1.25 bits per heavy atom. The molecular weight excluding hydrogens is 246 g/mol. The number of hydrogen-bond donors (Lipinski definition) is 0. The van der Waals surface area contributed by atoms with Gasteiger partial charge in [0.05, 0.1) is 6.54 Å². The summed E-state index contributed by atoms with van der Waals surface area (Å²) in [6, 6.07) is 0. The minimum atomic E-state index is 0.813. The van der Waals surface area contributed by atoms with E-state index in [1.807, 2.05) is 0 Å². The first-order chi connectivity index (χ1) is 9.93. The maximum absolute atomic E-state index is 5.41. The number of nitrogens with zero attached hydrogens (tertiary/aromatic N) is 1. The highest BCUT2D eigenvalue weighted by Gasteiger charge is 2.05. The Morgan fingerprint density at radius 1 is 0.750 bits per heavy atom. The molecular formula is C18H35NO. The Bertz CT molecular complexity index is 238. The molecule has 1 rings (SSSR count). The van der Waals surface area contributed by atoms with E-state index in [4.69, 9.17) is 4.74 Å². The van der Waals surface area contributed by atoms with Crippen LogP contribution in [0.2, 0.25) is 0 Å². The highest BCUT2D eigenvalue weighted by molar-refractivity contribution is 5.77. The standard InChI is InChI=1S/C18H35NO/c1-2-3-4-5-6-7-8-9-10-11-12-13-14-15-18-19-16-17-20-18/h2-17H2,1H3. The molecule has 0 atom stereocenters. The van der Waals surface area contributed by atoms with Crippen LogP contribution in [-0.4, -0.2) is 19.0 Å². The molecule has 0 aromatic rings. The summed E-state index contributed by atoms with van der Waals surface area (Å²) in [5.74, 6) is 1.01. The van der Waals surface area contributed by atoms with Gasteiger partial charge in [-0.15, -0.1) is 0 Å². The predicted octanol–water partition coefficient (Wildman–Crippen LogP) is 5.90. The monoisotopic (exact) mass is 281 g/mol. The zero-order valence-electron chi connectivity index (χ0n) is 13.7. The van der Waals surface area contributed by atoms with Crippen molar-refractivity contribution in [2.45, 2.75) is 96.8 Å². The van der Waals surface area contributed by atoms with Gasteiger partial charge >= 0.3 is 0 Å². The van der Waals surface area contributed by atoms with Gasteiger partial charge in [-0.05, 0) is 6.42 Å². The number of rotatable bonds is 14. The molecule has 0 fully saturated rings. The fourth-order valence-corrected chi connectivity index (χ4v) is 2.82.